The van der Waals surface area contributed by atoms with E-state index in [-0.39, 0.29) is 11.4 Å². The molecule has 0 spiro atoms. The molecule has 1 saturated heterocycles. The first-order chi connectivity index (χ1) is 9.83. The lowest BCUT2D eigenvalue weighted by Crippen LogP contribution is -2.51. The Kier molecular flexibility index (Phi) is 5.22. The second-order valence-electron chi connectivity index (χ2n) is 7.21. The maximum Gasteiger partial charge on any atom is 0.321 e. The van der Waals surface area contributed by atoms with Crippen LogP contribution >= 0.6 is 0 Å². The summed E-state index contributed by atoms with van der Waals surface area (Å²) < 4.78 is 0. The lowest BCUT2D eigenvalue weighted by Gasteiger charge is -2.25. The van der Waals surface area contributed by atoms with Gasteiger partial charge >= 0.3 is 6.03 Å². The van der Waals surface area contributed by atoms with E-state index in [0.717, 1.165) is 25.9 Å². The molecule has 0 aromatic heterocycles. The van der Waals surface area contributed by atoms with Crippen LogP contribution in [0.15, 0.2) is 0 Å². The third kappa shape index (κ3) is 6.01. The van der Waals surface area contributed by atoms with E-state index in [4.69, 9.17) is 0 Å². The summed E-state index contributed by atoms with van der Waals surface area (Å²) in [5.74, 6) is -0.221. The Bertz CT molecular complexity index is 382. The van der Waals surface area contributed by atoms with Crippen LogP contribution in [0, 0.1) is 0 Å². The molecule has 0 bridgehead atoms. The van der Waals surface area contributed by atoms with E-state index >= 15 is 0 Å². The predicted octanol–water partition coefficient (Wildman–Crippen LogP) is 0.827. The molecule has 2 fully saturated rings. The van der Waals surface area contributed by atoms with Crippen molar-refractivity contribution in [1.82, 2.24) is 20.9 Å². The largest absolute Gasteiger partial charge is 0.333 e. The van der Waals surface area contributed by atoms with E-state index in [1.54, 1.807) is 0 Å². The standard InChI is InChI=1S/C15H28N4O2/c1-15(2,3)18-14(21)17-13(20)10-19(12-6-7-12)9-11-5-4-8-16-11/h11-12,16H,4-10H2,1-3H3,(H2,17,18,20,21). The summed E-state index contributed by atoms with van der Waals surface area (Å²) in [5, 5.41) is 8.63. The Morgan fingerprint density at radius 3 is 2.48 bits per heavy atom. The summed E-state index contributed by atoms with van der Waals surface area (Å²) in [6.07, 6.45) is 4.71. The van der Waals surface area contributed by atoms with Crippen molar-refractivity contribution >= 4 is 11.9 Å². The van der Waals surface area contributed by atoms with Crippen LogP contribution in [0.1, 0.15) is 46.5 Å². The Labute approximate surface area is 127 Å². The Balaban J connectivity index is 1.77. The smallest absolute Gasteiger partial charge is 0.321 e. The quantitative estimate of drug-likeness (QED) is 0.702. The fraction of sp³-hybridized carbons (Fsp3) is 0.867. The summed E-state index contributed by atoms with van der Waals surface area (Å²) in [6.45, 7) is 7.95. The molecule has 6 nitrogen and oxygen atoms in total. The van der Waals surface area contributed by atoms with Gasteiger partial charge in [-0.15, -0.1) is 0 Å². The SMILES string of the molecule is CC(C)(C)NC(=O)NC(=O)CN(CC1CCCN1)C1CC1. The zero-order chi connectivity index (χ0) is 15.5. The monoisotopic (exact) mass is 296 g/mol. The molecule has 0 radical (unpaired) electrons. The molecule has 1 heterocycles. The van der Waals surface area contributed by atoms with E-state index in [2.05, 4.69) is 20.9 Å². The molecule has 0 aromatic rings. The van der Waals surface area contributed by atoms with Gasteiger partial charge in [-0.3, -0.25) is 15.0 Å². The van der Waals surface area contributed by atoms with Gasteiger partial charge in [0.25, 0.3) is 0 Å². The molecule has 3 amide bonds. The fourth-order valence-electron chi connectivity index (χ4n) is 2.70. The van der Waals surface area contributed by atoms with Gasteiger partial charge < -0.3 is 10.6 Å². The van der Waals surface area contributed by atoms with Crippen LogP contribution in [-0.2, 0) is 4.79 Å². The molecule has 3 N–H and O–H groups in total. The van der Waals surface area contributed by atoms with Crippen LogP contribution in [-0.4, -0.2) is 54.1 Å². The van der Waals surface area contributed by atoms with Crippen molar-refractivity contribution in [3.05, 3.63) is 0 Å². The van der Waals surface area contributed by atoms with Gasteiger partial charge in [-0.1, -0.05) is 0 Å². The van der Waals surface area contributed by atoms with E-state index < -0.39 is 6.03 Å². The molecule has 6 heteroatoms. The molecule has 2 aliphatic rings. The Hall–Kier alpha value is -1.14. The highest BCUT2D eigenvalue weighted by Gasteiger charge is 2.32. The van der Waals surface area contributed by atoms with Gasteiger partial charge in [0.1, 0.15) is 0 Å². The number of amides is 3. The first-order valence-corrected chi connectivity index (χ1v) is 7.93. The molecule has 1 aliphatic heterocycles. The Morgan fingerprint density at radius 2 is 1.95 bits per heavy atom. The first-order valence-electron chi connectivity index (χ1n) is 7.93. The van der Waals surface area contributed by atoms with Crippen molar-refractivity contribution < 1.29 is 9.59 Å². The summed E-state index contributed by atoms with van der Waals surface area (Å²) >= 11 is 0. The minimum atomic E-state index is -0.415. The number of carbonyl (C=O) groups excluding carboxylic acids is 2. The number of rotatable bonds is 5. The lowest BCUT2D eigenvalue weighted by atomic mass is 10.1. The van der Waals surface area contributed by atoms with Gasteiger partial charge in [0.15, 0.2) is 0 Å². The topological polar surface area (TPSA) is 73.5 Å². The maximum atomic E-state index is 12.0. The van der Waals surface area contributed by atoms with Crippen molar-refractivity contribution in [3.8, 4) is 0 Å². The van der Waals surface area contributed by atoms with E-state index in [0.29, 0.717) is 18.6 Å². The summed E-state index contributed by atoms with van der Waals surface area (Å²) in [4.78, 5) is 25.9. The highest BCUT2D eigenvalue weighted by Crippen LogP contribution is 2.27. The molecule has 1 aliphatic carbocycles. The zero-order valence-corrected chi connectivity index (χ0v) is 13.4. The van der Waals surface area contributed by atoms with Crippen molar-refractivity contribution in [2.75, 3.05) is 19.6 Å². The zero-order valence-electron chi connectivity index (χ0n) is 13.4. The highest BCUT2D eigenvalue weighted by molar-refractivity contribution is 5.95. The number of urea groups is 1. The van der Waals surface area contributed by atoms with Gasteiger partial charge in [0.05, 0.1) is 6.54 Å². The average molecular weight is 296 g/mol. The predicted molar refractivity (Wildman–Crippen MR) is 82.0 cm³/mol. The second kappa shape index (κ2) is 6.75. The number of hydrogen-bond donors (Lipinski definition) is 3. The van der Waals surface area contributed by atoms with Crippen LogP contribution in [0.2, 0.25) is 0 Å². The number of nitrogens with one attached hydrogen (secondary N) is 3. The molecular formula is C15H28N4O2. The van der Waals surface area contributed by atoms with Crippen LogP contribution in [0.3, 0.4) is 0 Å². The lowest BCUT2D eigenvalue weighted by molar-refractivity contribution is -0.121. The summed E-state index contributed by atoms with van der Waals surface area (Å²) in [6, 6.07) is 0.591. The van der Waals surface area contributed by atoms with Crippen LogP contribution in [0.25, 0.3) is 0 Å². The van der Waals surface area contributed by atoms with Crippen LogP contribution in [0.5, 0.6) is 0 Å². The number of carbonyl (C=O) groups is 2. The molecule has 0 aromatic carbocycles. The van der Waals surface area contributed by atoms with Gasteiger partial charge in [0.2, 0.25) is 5.91 Å². The molecule has 1 unspecified atom stereocenters. The van der Waals surface area contributed by atoms with E-state index in [1.807, 2.05) is 20.8 Å². The Morgan fingerprint density at radius 1 is 1.24 bits per heavy atom. The summed E-state index contributed by atoms with van der Waals surface area (Å²) in [5.41, 5.74) is -0.339. The molecule has 1 saturated carbocycles. The van der Waals surface area contributed by atoms with Gasteiger partial charge in [-0.25, -0.2) is 4.79 Å². The van der Waals surface area contributed by atoms with E-state index in [1.165, 1.54) is 12.8 Å². The molecular weight excluding hydrogens is 268 g/mol. The van der Waals surface area contributed by atoms with Crippen LogP contribution < -0.4 is 16.0 Å². The molecule has 21 heavy (non-hydrogen) atoms. The number of imide groups is 1. The van der Waals surface area contributed by atoms with Crippen molar-refractivity contribution in [2.45, 2.75) is 64.1 Å². The minimum Gasteiger partial charge on any atom is -0.333 e. The summed E-state index contributed by atoms with van der Waals surface area (Å²) in [7, 11) is 0. The average Bonchev–Trinajstić information content (AvgIpc) is 3.05. The number of nitrogens with zero attached hydrogens (tertiary/aromatic N) is 1. The number of hydrogen-bond acceptors (Lipinski definition) is 4. The molecule has 120 valence electrons. The van der Waals surface area contributed by atoms with Gasteiger partial charge in [0, 0.05) is 24.2 Å². The normalized spacial score (nSPS) is 22.4. The van der Waals surface area contributed by atoms with Crippen molar-refractivity contribution in [2.24, 2.45) is 0 Å². The minimum absolute atomic E-state index is 0.221. The molecule has 1 atom stereocenters. The van der Waals surface area contributed by atoms with Gasteiger partial charge in [-0.2, -0.15) is 0 Å². The maximum absolute atomic E-state index is 12.0. The third-order valence-electron chi connectivity index (χ3n) is 3.77. The first kappa shape index (κ1) is 16.2. The second-order valence-corrected chi connectivity index (χ2v) is 7.21. The molecule has 2 rings (SSSR count). The highest BCUT2D eigenvalue weighted by atomic mass is 16.2. The third-order valence-corrected chi connectivity index (χ3v) is 3.77. The fourth-order valence-corrected chi connectivity index (χ4v) is 2.70. The van der Waals surface area contributed by atoms with Gasteiger partial charge in [-0.05, 0) is 53.0 Å². The van der Waals surface area contributed by atoms with E-state index in [9.17, 15) is 9.59 Å². The van der Waals surface area contributed by atoms with Crippen molar-refractivity contribution in [3.63, 3.8) is 0 Å². The van der Waals surface area contributed by atoms with Crippen LogP contribution in [0.4, 0.5) is 4.79 Å². The van der Waals surface area contributed by atoms with Crippen molar-refractivity contribution in [1.29, 1.82) is 0 Å².